The van der Waals surface area contributed by atoms with Crippen LogP contribution in [0.3, 0.4) is 0 Å². The van der Waals surface area contributed by atoms with Gasteiger partial charge in [0.1, 0.15) is 11.5 Å². The van der Waals surface area contributed by atoms with E-state index < -0.39 is 6.09 Å². The number of ether oxygens (including phenoxy) is 2. The third-order valence-corrected chi connectivity index (χ3v) is 5.58. The van der Waals surface area contributed by atoms with Crippen LogP contribution in [0.4, 0.5) is 10.5 Å². The van der Waals surface area contributed by atoms with Gasteiger partial charge >= 0.3 is 6.09 Å². The number of amides is 1. The van der Waals surface area contributed by atoms with E-state index in [2.05, 4.69) is 21.8 Å². The van der Waals surface area contributed by atoms with Crippen LogP contribution in [0.5, 0.6) is 11.5 Å². The highest BCUT2D eigenvalue weighted by molar-refractivity contribution is 5.89. The molecular formula is C26H24N4O5. The number of rotatable bonds is 8. The smallest absolute Gasteiger partial charge is 0.411 e. The number of aromatic nitrogens is 3. The normalized spacial score (nSPS) is 10.7. The summed E-state index contributed by atoms with van der Waals surface area (Å²) in [7, 11) is 3.06. The third kappa shape index (κ3) is 4.98. The first-order valence-electron chi connectivity index (χ1n) is 10.8. The van der Waals surface area contributed by atoms with Gasteiger partial charge < -0.3 is 14.6 Å². The zero-order chi connectivity index (χ0) is 24.9. The van der Waals surface area contributed by atoms with E-state index in [0.29, 0.717) is 40.4 Å². The largest absolute Gasteiger partial charge is 0.496 e. The van der Waals surface area contributed by atoms with Crippen molar-refractivity contribution in [2.75, 3.05) is 25.7 Å². The van der Waals surface area contributed by atoms with Gasteiger partial charge in [0.25, 0.3) is 5.56 Å². The quantitative estimate of drug-likeness (QED) is 0.391. The van der Waals surface area contributed by atoms with E-state index in [4.69, 9.17) is 9.47 Å². The van der Waals surface area contributed by atoms with Crippen molar-refractivity contribution in [2.45, 2.75) is 6.42 Å². The zero-order valence-corrected chi connectivity index (χ0v) is 19.3. The number of methoxy groups -OCH3 is 1. The highest BCUT2D eigenvalue weighted by atomic mass is 16.5. The van der Waals surface area contributed by atoms with Gasteiger partial charge in [-0.3, -0.25) is 14.7 Å². The summed E-state index contributed by atoms with van der Waals surface area (Å²) in [5.41, 5.74) is 3.61. The molecule has 0 bridgehead atoms. The van der Waals surface area contributed by atoms with E-state index in [-0.39, 0.29) is 12.2 Å². The Balaban J connectivity index is 1.60. The number of pyridine rings is 1. The fraction of sp³-hybridized carbons (Fsp3) is 0.154. The maximum atomic E-state index is 12.0. The molecule has 4 aromatic rings. The Morgan fingerprint density at radius 1 is 1.20 bits per heavy atom. The van der Waals surface area contributed by atoms with E-state index in [0.717, 1.165) is 21.4 Å². The second kappa shape index (κ2) is 10.1. The molecule has 9 heteroatoms. The lowest BCUT2D eigenvalue weighted by atomic mass is 10.0. The summed E-state index contributed by atoms with van der Waals surface area (Å²) >= 11 is 0. The maximum absolute atomic E-state index is 12.0. The van der Waals surface area contributed by atoms with Crippen LogP contribution in [-0.4, -0.2) is 47.1 Å². The first kappa shape index (κ1) is 23.5. The first-order chi connectivity index (χ1) is 16.9. The van der Waals surface area contributed by atoms with Crippen molar-refractivity contribution < 1.29 is 19.4 Å². The van der Waals surface area contributed by atoms with Gasteiger partial charge in [-0.25, -0.2) is 9.89 Å². The number of carboxylic acid groups (broad SMARTS) is 1. The molecule has 0 unspecified atom stereocenters. The Bertz CT molecular complexity index is 1460. The van der Waals surface area contributed by atoms with Crippen molar-refractivity contribution in [3.63, 3.8) is 0 Å². The van der Waals surface area contributed by atoms with Crippen LogP contribution in [0.25, 0.3) is 28.2 Å². The molecule has 0 spiro atoms. The van der Waals surface area contributed by atoms with Crippen molar-refractivity contribution in [1.82, 2.24) is 15.2 Å². The number of nitrogens with one attached hydrogen (secondary N) is 1. The second-order valence-corrected chi connectivity index (χ2v) is 7.72. The Morgan fingerprint density at radius 3 is 2.77 bits per heavy atom. The van der Waals surface area contributed by atoms with E-state index in [1.165, 1.54) is 13.1 Å². The Morgan fingerprint density at radius 2 is 2.03 bits per heavy atom. The molecule has 9 nitrogen and oxygen atoms in total. The number of H-pyrrole nitrogens is 1. The van der Waals surface area contributed by atoms with Gasteiger partial charge in [0.15, 0.2) is 0 Å². The Hall–Kier alpha value is -4.66. The molecule has 2 aromatic heterocycles. The highest BCUT2D eigenvalue weighted by Gasteiger charge is 2.14. The van der Waals surface area contributed by atoms with Crippen molar-refractivity contribution in [2.24, 2.45) is 0 Å². The Labute approximate surface area is 201 Å². The third-order valence-electron chi connectivity index (χ3n) is 5.58. The molecule has 35 heavy (non-hydrogen) atoms. The fourth-order valence-electron chi connectivity index (χ4n) is 3.75. The van der Waals surface area contributed by atoms with Crippen LogP contribution in [-0.2, 0) is 6.42 Å². The number of benzene rings is 2. The van der Waals surface area contributed by atoms with Crippen LogP contribution in [0, 0.1) is 0 Å². The van der Waals surface area contributed by atoms with Gasteiger partial charge in [-0.05, 0) is 29.8 Å². The number of aromatic amines is 1. The molecule has 0 aliphatic carbocycles. The first-order valence-corrected chi connectivity index (χ1v) is 10.8. The minimum absolute atomic E-state index is 0.279. The number of nitrogens with zero attached hydrogens (tertiary/aromatic N) is 3. The minimum Gasteiger partial charge on any atom is -0.496 e. The molecule has 0 fully saturated rings. The van der Waals surface area contributed by atoms with E-state index >= 15 is 0 Å². The maximum Gasteiger partial charge on any atom is 0.411 e. The van der Waals surface area contributed by atoms with Crippen molar-refractivity contribution in [3.05, 3.63) is 82.8 Å². The summed E-state index contributed by atoms with van der Waals surface area (Å²) < 4.78 is 11.5. The SMILES string of the molecule is C=Cc1cc2c(OCCc3cc(=O)[nH]nc3-c3cccc(N(C)C(=O)O)c3)ccnc2cc1OC. The number of hydrogen-bond acceptors (Lipinski definition) is 6. The van der Waals surface area contributed by atoms with Crippen LogP contribution >= 0.6 is 0 Å². The summed E-state index contributed by atoms with van der Waals surface area (Å²) in [6.45, 7) is 4.11. The average molecular weight is 473 g/mol. The molecule has 0 radical (unpaired) electrons. The van der Waals surface area contributed by atoms with Crippen molar-refractivity contribution >= 4 is 28.8 Å². The number of fused-ring (bicyclic) bond motifs is 1. The Kier molecular flexibility index (Phi) is 6.77. The number of carbonyl (C=O) groups is 1. The molecule has 2 aromatic carbocycles. The van der Waals surface area contributed by atoms with Crippen LogP contribution in [0.2, 0.25) is 0 Å². The van der Waals surface area contributed by atoms with Gasteiger partial charge in [0.05, 0.1) is 24.9 Å². The molecule has 0 aliphatic heterocycles. The highest BCUT2D eigenvalue weighted by Crippen LogP contribution is 2.31. The predicted molar refractivity (Wildman–Crippen MR) is 134 cm³/mol. The minimum atomic E-state index is -1.08. The van der Waals surface area contributed by atoms with E-state index in [1.54, 1.807) is 43.6 Å². The van der Waals surface area contributed by atoms with Gasteiger partial charge in [-0.2, -0.15) is 5.10 Å². The monoisotopic (exact) mass is 472 g/mol. The van der Waals surface area contributed by atoms with Crippen LogP contribution < -0.4 is 19.9 Å². The molecule has 1 amide bonds. The van der Waals surface area contributed by atoms with Crippen molar-refractivity contribution in [3.8, 4) is 22.8 Å². The van der Waals surface area contributed by atoms with E-state index in [1.807, 2.05) is 18.2 Å². The molecule has 178 valence electrons. The zero-order valence-electron chi connectivity index (χ0n) is 19.3. The number of hydrogen-bond donors (Lipinski definition) is 2. The molecule has 0 aliphatic rings. The second-order valence-electron chi connectivity index (χ2n) is 7.72. The van der Waals surface area contributed by atoms with Gasteiger partial charge in [0, 0.05) is 54.0 Å². The van der Waals surface area contributed by atoms with Crippen LogP contribution in [0.15, 0.2) is 66.1 Å². The molecule has 2 N–H and O–H groups in total. The number of anilines is 1. The van der Waals surface area contributed by atoms with Gasteiger partial charge in [0.2, 0.25) is 0 Å². The molecule has 2 heterocycles. The average Bonchev–Trinajstić information content (AvgIpc) is 2.87. The molecular weight excluding hydrogens is 448 g/mol. The molecule has 0 saturated heterocycles. The standard InChI is InChI=1S/C26H24N4O5/c1-4-16-13-20-21(15-23(16)34-3)27-10-8-22(20)35-11-9-18-14-24(31)28-29-25(18)17-6-5-7-19(12-17)30(2)26(32)33/h4-8,10,12-15H,1,9,11H2,2-3H3,(H,28,31)(H,32,33). The predicted octanol–water partition coefficient (Wildman–Crippen LogP) is 4.37. The van der Waals surface area contributed by atoms with Crippen molar-refractivity contribution in [1.29, 1.82) is 0 Å². The lowest BCUT2D eigenvalue weighted by Gasteiger charge is -2.15. The molecule has 4 rings (SSSR count). The topological polar surface area (TPSA) is 118 Å². The summed E-state index contributed by atoms with van der Waals surface area (Å²) in [5, 5.41) is 16.8. The summed E-state index contributed by atoms with van der Waals surface area (Å²) in [4.78, 5) is 28.8. The lowest BCUT2D eigenvalue weighted by molar-refractivity contribution is 0.203. The van der Waals surface area contributed by atoms with Gasteiger partial charge in [-0.1, -0.05) is 24.8 Å². The van der Waals surface area contributed by atoms with Crippen LogP contribution in [0.1, 0.15) is 11.1 Å². The lowest BCUT2D eigenvalue weighted by Crippen LogP contribution is -2.23. The summed E-state index contributed by atoms with van der Waals surface area (Å²) in [6, 6.07) is 13.9. The molecule has 0 atom stereocenters. The fourth-order valence-corrected chi connectivity index (χ4v) is 3.75. The summed E-state index contributed by atoms with van der Waals surface area (Å²) in [5.74, 6) is 1.32. The summed E-state index contributed by atoms with van der Waals surface area (Å²) in [6.07, 6.45) is 2.70. The van der Waals surface area contributed by atoms with Gasteiger partial charge in [-0.15, -0.1) is 0 Å². The molecule has 0 saturated carbocycles. The van der Waals surface area contributed by atoms with E-state index in [9.17, 15) is 14.7 Å².